The average molecular weight is 2010 g/mol. The fourth-order valence-corrected chi connectivity index (χ4v) is 12.6. The van der Waals surface area contributed by atoms with Crippen molar-refractivity contribution in [1.82, 2.24) is 49.0 Å². The lowest BCUT2D eigenvalue weighted by Crippen LogP contribution is -2.22. The number of amides is 10. The van der Waals surface area contributed by atoms with Crippen molar-refractivity contribution < 1.29 is 143 Å². The van der Waals surface area contributed by atoms with E-state index >= 15 is 0 Å². The highest BCUT2D eigenvalue weighted by Crippen LogP contribution is 2.28. The van der Waals surface area contributed by atoms with E-state index in [9.17, 15) is 95.9 Å². The van der Waals surface area contributed by atoms with E-state index < -0.39 is 0 Å². The van der Waals surface area contributed by atoms with Gasteiger partial charge in [-0.3, -0.25) is 52.7 Å². The molecule has 10 aliphatic rings. The first-order valence-electron chi connectivity index (χ1n) is 49.0. The molecular formula is C103H156N10O30. The number of ether oxygens (including phenoxy) is 10. The Kier molecular flexibility index (Phi) is 63.0. The molecule has 10 saturated heterocycles. The molecule has 40 heteroatoms. The van der Waals surface area contributed by atoms with E-state index in [1.165, 1.54) is 170 Å². The van der Waals surface area contributed by atoms with Gasteiger partial charge < -0.3 is 96.4 Å². The molecular weight excluding hydrogens is 1860 g/mol. The number of carbonyl (C=O) groups is 20. The minimum Gasteiger partial charge on any atom is -0.469 e. The van der Waals surface area contributed by atoms with E-state index in [2.05, 4.69) is 103 Å². The standard InChI is InChI=1S/C16H27NO3.C14H23NO3.C12H19NO3.2C10H15NO3.2C9H13NO3.2C8H11NO3.C7H9NO3/c1-3-5-6-7-8-9-10-11-12-20-16(19)14-13-17(14)15(18)4-2;1-4-7-8-11(5-2)10-18-14(17)12-9-15(12)13(16)6-3;1-3-5-6-7-8-16-12(15)10-9-13(10)11(14)4-2;1-4-9(12)11-5-8(11)10(13)14-6-7(2)3;1-3-5-6-14-10(13)8-7-11(8)9(12)4-2;1-4-8(11)10-5-7(10)9(12)13-6(2)3;1-3-5-13-9(12)7-6-10(7)8(11)4-2;1-3-7(10)9-5-6(9)4-8(11)12-2;1-3-7(10)9-5-6(9)8(11)12-4-2;1-3-6(9)8-4-5(8)7(10)11-2/h4,14H,2-3,5-13H2,1H3;6,11-12H,3-5,7-10H2,1-2H3;4,10H,2-3,5-9H2,1H3;4,7-8H,1,5-6H2,2-3H3;4,8H,2-3,5-7H2,1H3;4,6-7H,1,5H2,2-3H3;4,7H,2-3,5-6H2,1H3;2*3,6H,1,4-5H2,2H3;3,5H,1,4H2,2H3. The van der Waals surface area contributed by atoms with Gasteiger partial charge in [-0.25, -0.2) is 43.2 Å². The molecule has 10 rings (SSSR count). The van der Waals surface area contributed by atoms with Gasteiger partial charge in [-0.1, -0.05) is 211 Å². The maximum absolute atomic E-state index is 11.7. The van der Waals surface area contributed by atoms with Crippen molar-refractivity contribution in [3.63, 3.8) is 0 Å². The van der Waals surface area contributed by atoms with Gasteiger partial charge >= 0.3 is 59.7 Å². The number of esters is 10. The molecule has 143 heavy (non-hydrogen) atoms. The summed E-state index contributed by atoms with van der Waals surface area (Å²) in [5, 5.41) is 0. The minimum atomic E-state index is -0.382. The van der Waals surface area contributed by atoms with Crippen molar-refractivity contribution in [3.05, 3.63) is 127 Å². The van der Waals surface area contributed by atoms with E-state index in [4.69, 9.17) is 37.9 Å². The van der Waals surface area contributed by atoms with Crippen LogP contribution in [0.4, 0.5) is 0 Å². The zero-order valence-corrected chi connectivity index (χ0v) is 86.2. The summed E-state index contributed by atoms with van der Waals surface area (Å²) in [6, 6.07) is -3.30. The Morgan fingerprint density at radius 3 is 0.783 bits per heavy atom. The van der Waals surface area contributed by atoms with Crippen molar-refractivity contribution >= 4 is 119 Å². The molecule has 10 aliphatic heterocycles. The van der Waals surface area contributed by atoms with Crippen LogP contribution in [0.25, 0.3) is 0 Å². The summed E-state index contributed by atoms with van der Waals surface area (Å²) >= 11 is 0. The summed E-state index contributed by atoms with van der Waals surface area (Å²) in [4.78, 5) is 237. The molecule has 11 unspecified atom stereocenters. The number of rotatable bonds is 50. The van der Waals surface area contributed by atoms with Crippen LogP contribution >= 0.6 is 0 Å². The summed E-state index contributed by atoms with van der Waals surface area (Å²) in [5.74, 6) is -4.29. The van der Waals surface area contributed by atoms with Gasteiger partial charge in [0.15, 0.2) is 0 Å². The van der Waals surface area contributed by atoms with Gasteiger partial charge in [0.1, 0.15) is 54.4 Å². The SMILES string of the molecule is C=CC(=O)N1CC1C(=O)OC.C=CC(=O)N1CC1C(=O)OC(C)C.C=CC(=O)N1CC1C(=O)OCC.C=CC(=O)N1CC1C(=O)OCC(C)C.C=CC(=O)N1CC1C(=O)OCC(CC)CCCC.C=CC(=O)N1CC1C(=O)OCCC.C=CC(=O)N1CC1C(=O)OCCCC.C=CC(=O)N1CC1C(=O)OCCCCCC.C=CC(=O)N1CC1C(=O)OCCCCCCCCCC.C=CC(=O)N1CC1CC(=O)OC. The molecule has 0 radical (unpaired) electrons. The Labute approximate surface area is 842 Å². The number of carbonyl (C=O) groups excluding carboxylic acids is 20. The Morgan fingerprint density at radius 1 is 0.266 bits per heavy atom. The molecule has 0 saturated carbocycles. The van der Waals surface area contributed by atoms with E-state index in [-0.39, 0.29) is 192 Å². The first-order valence-corrected chi connectivity index (χ1v) is 49.0. The van der Waals surface area contributed by atoms with Gasteiger partial charge in [0.25, 0.3) is 0 Å². The lowest BCUT2D eigenvalue weighted by molar-refractivity contribution is -0.149. The monoisotopic (exact) mass is 2010 g/mol. The van der Waals surface area contributed by atoms with Crippen LogP contribution in [0.5, 0.6) is 0 Å². The maximum atomic E-state index is 11.7. The summed E-state index contributed by atoms with van der Waals surface area (Å²) in [5.41, 5.74) is 0. The van der Waals surface area contributed by atoms with Gasteiger partial charge in [-0.05, 0) is 125 Å². The van der Waals surface area contributed by atoms with Gasteiger partial charge in [0.2, 0.25) is 59.1 Å². The van der Waals surface area contributed by atoms with Crippen LogP contribution in [0.3, 0.4) is 0 Å². The van der Waals surface area contributed by atoms with Crippen LogP contribution in [-0.4, -0.2) is 360 Å². The predicted octanol–water partition coefficient (Wildman–Crippen LogP) is 8.15. The molecule has 0 bridgehead atoms. The molecule has 798 valence electrons. The van der Waals surface area contributed by atoms with Crippen molar-refractivity contribution in [2.75, 3.05) is 126 Å². The first-order chi connectivity index (χ1) is 68.1. The summed E-state index contributed by atoms with van der Waals surface area (Å²) in [6.07, 6.45) is 33.5. The molecule has 0 aromatic carbocycles. The zero-order chi connectivity index (χ0) is 108. The molecule has 0 spiro atoms. The second-order valence-corrected chi connectivity index (χ2v) is 34.4. The largest absolute Gasteiger partial charge is 0.469 e. The van der Waals surface area contributed by atoms with Crippen LogP contribution in [0.1, 0.15) is 205 Å². The first kappa shape index (κ1) is 128. The molecule has 0 aliphatic carbocycles. The highest BCUT2D eigenvalue weighted by Gasteiger charge is 2.51. The molecule has 10 heterocycles. The molecule has 0 N–H and O–H groups in total. The molecule has 10 fully saturated rings. The third-order valence-electron chi connectivity index (χ3n) is 22.0. The van der Waals surface area contributed by atoms with Crippen molar-refractivity contribution in [2.45, 2.75) is 271 Å². The summed E-state index contributed by atoms with van der Waals surface area (Å²) in [7, 11) is 2.64. The van der Waals surface area contributed by atoms with Gasteiger partial charge in [0.05, 0.1) is 138 Å². The maximum Gasteiger partial charge on any atom is 0.330 e. The third-order valence-corrected chi connectivity index (χ3v) is 22.0. The van der Waals surface area contributed by atoms with Gasteiger partial charge in [0, 0.05) is 6.54 Å². The molecule has 10 amide bonds. The highest BCUT2D eigenvalue weighted by atomic mass is 16.6. The lowest BCUT2D eigenvalue weighted by atomic mass is 10.0. The molecule has 40 nitrogen and oxygen atoms in total. The van der Waals surface area contributed by atoms with Crippen LogP contribution in [0, 0.1) is 11.8 Å². The van der Waals surface area contributed by atoms with Crippen molar-refractivity contribution in [3.8, 4) is 0 Å². The van der Waals surface area contributed by atoms with E-state index in [1.54, 1.807) is 25.7 Å². The molecule has 0 aromatic rings. The Hall–Kier alpha value is -13.2. The minimum absolute atomic E-state index is 0.0305. The van der Waals surface area contributed by atoms with Crippen molar-refractivity contribution in [2.24, 2.45) is 11.8 Å². The second kappa shape index (κ2) is 70.5. The number of unbranched alkanes of at least 4 members (excludes halogenated alkanes) is 12. The Balaban J connectivity index is 0.000000798. The zero-order valence-electron chi connectivity index (χ0n) is 86.2. The smallest absolute Gasteiger partial charge is 0.330 e. The number of nitrogens with zero attached hydrogens (tertiary/aromatic N) is 10. The van der Waals surface area contributed by atoms with E-state index in [0.717, 1.165) is 70.6 Å². The Bertz CT molecular complexity index is 4340. The lowest BCUT2D eigenvalue weighted by Gasteiger charge is -2.14. The van der Waals surface area contributed by atoms with Crippen LogP contribution in [0.15, 0.2) is 127 Å². The third kappa shape index (κ3) is 51.4. The highest BCUT2D eigenvalue weighted by molar-refractivity contribution is 6.01. The van der Waals surface area contributed by atoms with Crippen LogP contribution < -0.4 is 0 Å². The normalized spacial score (nSPS) is 19.1. The predicted molar refractivity (Wildman–Crippen MR) is 529 cm³/mol. The van der Waals surface area contributed by atoms with E-state index in [0.29, 0.717) is 124 Å². The van der Waals surface area contributed by atoms with Gasteiger partial charge in [-0.15, -0.1) is 0 Å². The van der Waals surface area contributed by atoms with Crippen LogP contribution in [-0.2, 0) is 143 Å². The molecule has 11 atom stereocenters. The summed E-state index contributed by atoms with van der Waals surface area (Å²) in [6.45, 7) is 63.1. The van der Waals surface area contributed by atoms with Gasteiger partial charge in [-0.2, -0.15) is 0 Å². The number of hydrogen-bond acceptors (Lipinski definition) is 30. The fourth-order valence-electron chi connectivity index (χ4n) is 12.6. The fraction of sp³-hybridized carbons (Fsp3) is 0.612. The number of methoxy groups -OCH3 is 2. The number of hydrogen-bond donors (Lipinski definition) is 0. The van der Waals surface area contributed by atoms with Crippen LogP contribution in [0.2, 0.25) is 0 Å². The summed E-state index contributed by atoms with van der Waals surface area (Å²) < 4.78 is 48.9. The van der Waals surface area contributed by atoms with E-state index in [1.807, 2.05) is 27.7 Å². The van der Waals surface area contributed by atoms with Crippen molar-refractivity contribution in [1.29, 1.82) is 0 Å². The second-order valence-electron chi connectivity index (χ2n) is 34.4. The quantitative estimate of drug-likeness (QED) is 0.0182. The average Bonchev–Trinajstić information content (AvgIpc) is 1.66. The molecule has 0 aromatic heterocycles. The Morgan fingerprint density at radius 2 is 0.517 bits per heavy atom. The topological polar surface area (TPSA) is 464 Å².